The zero-order valence-electron chi connectivity index (χ0n) is 15.7. The summed E-state index contributed by atoms with van der Waals surface area (Å²) in [6.07, 6.45) is 7.03. The lowest BCUT2D eigenvalue weighted by Gasteiger charge is -2.32. The van der Waals surface area contributed by atoms with Gasteiger partial charge in [0.25, 0.3) is 5.91 Å². The van der Waals surface area contributed by atoms with E-state index in [1.807, 2.05) is 6.07 Å². The van der Waals surface area contributed by atoms with Crippen LogP contribution in [0.25, 0.3) is 0 Å². The van der Waals surface area contributed by atoms with E-state index in [2.05, 4.69) is 40.4 Å². The molecule has 1 heterocycles. The van der Waals surface area contributed by atoms with Crippen LogP contribution in [0, 0.1) is 12.3 Å². The van der Waals surface area contributed by atoms with Crippen molar-refractivity contribution < 1.29 is 9.53 Å². The minimum absolute atomic E-state index is 0.0548. The number of terminal acetylenes is 1. The van der Waals surface area contributed by atoms with E-state index in [0.29, 0.717) is 22.0 Å². The van der Waals surface area contributed by atoms with E-state index in [-0.39, 0.29) is 18.6 Å². The number of nitrogens with one attached hydrogen (secondary N) is 1. The second-order valence-corrected chi connectivity index (χ2v) is 7.28. The highest BCUT2D eigenvalue weighted by Gasteiger charge is 2.23. The number of hydrogen-bond acceptors (Lipinski definition) is 4. The second-order valence-electron chi connectivity index (χ2n) is 6.87. The number of amides is 1. The monoisotopic (exact) mass is 397 g/mol. The van der Waals surface area contributed by atoms with Crippen LogP contribution in [-0.4, -0.2) is 36.5 Å². The van der Waals surface area contributed by atoms with Gasteiger partial charge in [0.15, 0.2) is 0 Å². The number of hydrogen-bond donors (Lipinski definition) is 2. The van der Waals surface area contributed by atoms with Gasteiger partial charge in [-0.05, 0) is 24.5 Å². The molecule has 1 aliphatic heterocycles. The zero-order valence-corrected chi connectivity index (χ0v) is 16.4. The van der Waals surface area contributed by atoms with Gasteiger partial charge in [0.2, 0.25) is 0 Å². The number of carbonyl (C=O) groups excluding carboxylic acids is 1. The summed E-state index contributed by atoms with van der Waals surface area (Å²) in [6.45, 7) is 2.85. The van der Waals surface area contributed by atoms with Crippen molar-refractivity contribution in [2.75, 3.05) is 25.4 Å². The van der Waals surface area contributed by atoms with Gasteiger partial charge < -0.3 is 15.8 Å². The number of nitrogens with zero attached hydrogens (tertiary/aromatic N) is 1. The summed E-state index contributed by atoms with van der Waals surface area (Å²) in [7, 11) is 0. The minimum Gasteiger partial charge on any atom is -0.480 e. The molecule has 2 aromatic carbocycles. The molecule has 6 heteroatoms. The Bertz CT molecular complexity index is 856. The molecule has 146 valence electrons. The third kappa shape index (κ3) is 5.19. The summed E-state index contributed by atoms with van der Waals surface area (Å²) in [6, 6.07) is 13.6. The van der Waals surface area contributed by atoms with Gasteiger partial charge in [-0.1, -0.05) is 47.9 Å². The summed E-state index contributed by atoms with van der Waals surface area (Å²) in [4.78, 5) is 15.2. The molecule has 0 radical (unpaired) electrons. The molecule has 1 aliphatic rings. The average molecular weight is 398 g/mol. The summed E-state index contributed by atoms with van der Waals surface area (Å²) in [5.74, 6) is 2.51. The number of likely N-dealkylation sites (tertiary alicyclic amines) is 1. The fraction of sp³-hybridized carbons (Fsp3) is 0.318. The molecule has 0 saturated carbocycles. The number of nitrogens with two attached hydrogens (primary N) is 1. The van der Waals surface area contributed by atoms with Gasteiger partial charge in [0.05, 0.1) is 16.3 Å². The van der Waals surface area contributed by atoms with Crippen LogP contribution >= 0.6 is 11.6 Å². The third-order valence-corrected chi connectivity index (χ3v) is 5.15. The molecule has 0 atom stereocenters. The van der Waals surface area contributed by atoms with Crippen LogP contribution in [0.2, 0.25) is 5.02 Å². The summed E-state index contributed by atoms with van der Waals surface area (Å²) in [5, 5.41) is 3.40. The van der Waals surface area contributed by atoms with Crippen molar-refractivity contribution in [2.45, 2.75) is 25.4 Å². The number of benzene rings is 2. The molecule has 1 amide bonds. The highest BCUT2D eigenvalue weighted by molar-refractivity contribution is 6.33. The number of anilines is 1. The molecule has 3 rings (SSSR count). The first kappa shape index (κ1) is 20.1. The molecular formula is C22H24ClN3O2. The van der Waals surface area contributed by atoms with Gasteiger partial charge in [0, 0.05) is 31.7 Å². The molecule has 3 N–H and O–H groups in total. The van der Waals surface area contributed by atoms with Crippen LogP contribution in [0.4, 0.5) is 5.69 Å². The van der Waals surface area contributed by atoms with Gasteiger partial charge in [-0.3, -0.25) is 9.69 Å². The van der Waals surface area contributed by atoms with Crippen LogP contribution in [0.15, 0.2) is 42.5 Å². The Kier molecular flexibility index (Phi) is 6.80. The van der Waals surface area contributed by atoms with E-state index >= 15 is 0 Å². The van der Waals surface area contributed by atoms with Crippen LogP contribution in [-0.2, 0) is 6.54 Å². The smallest absolute Gasteiger partial charge is 0.255 e. The molecule has 1 fully saturated rings. The van der Waals surface area contributed by atoms with Crippen LogP contribution < -0.4 is 15.8 Å². The van der Waals surface area contributed by atoms with E-state index in [9.17, 15) is 4.79 Å². The molecule has 2 aromatic rings. The van der Waals surface area contributed by atoms with Crippen molar-refractivity contribution in [3.63, 3.8) is 0 Å². The molecule has 0 spiro atoms. The number of rotatable bonds is 6. The molecule has 28 heavy (non-hydrogen) atoms. The largest absolute Gasteiger partial charge is 0.480 e. The van der Waals surface area contributed by atoms with Crippen molar-refractivity contribution in [1.82, 2.24) is 10.2 Å². The Balaban J connectivity index is 1.58. The number of carbonyl (C=O) groups is 1. The van der Waals surface area contributed by atoms with Gasteiger partial charge >= 0.3 is 0 Å². The Morgan fingerprint density at radius 1 is 1.29 bits per heavy atom. The molecule has 5 nitrogen and oxygen atoms in total. The van der Waals surface area contributed by atoms with E-state index < -0.39 is 0 Å². The lowest BCUT2D eigenvalue weighted by molar-refractivity contribution is 0.0905. The molecule has 0 bridgehead atoms. The average Bonchev–Trinajstić information content (AvgIpc) is 2.70. The van der Waals surface area contributed by atoms with Crippen molar-refractivity contribution >= 4 is 23.2 Å². The quantitative estimate of drug-likeness (QED) is 0.579. The van der Waals surface area contributed by atoms with Gasteiger partial charge in [-0.25, -0.2) is 0 Å². The minimum atomic E-state index is -0.226. The maximum atomic E-state index is 12.8. The lowest BCUT2D eigenvalue weighted by Crippen LogP contribution is -2.44. The third-order valence-electron chi connectivity index (χ3n) is 4.83. The Morgan fingerprint density at radius 2 is 2.00 bits per heavy atom. The Morgan fingerprint density at radius 3 is 2.68 bits per heavy atom. The van der Waals surface area contributed by atoms with E-state index in [4.69, 9.17) is 28.5 Å². The van der Waals surface area contributed by atoms with Crippen molar-refractivity contribution in [2.24, 2.45) is 0 Å². The van der Waals surface area contributed by atoms with Gasteiger partial charge in [-0.15, -0.1) is 6.42 Å². The SMILES string of the molecule is C#CCOc1cc(N)c(Cl)cc1C(=O)NC1CCN(Cc2ccccc2)CC1. The highest BCUT2D eigenvalue weighted by Crippen LogP contribution is 2.29. The fourth-order valence-corrected chi connectivity index (χ4v) is 3.49. The highest BCUT2D eigenvalue weighted by atomic mass is 35.5. The van der Waals surface area contributed by atoms with Crippen LogP contribution in [0.3, 0.4) is 0 Å². The topological polar surface area (TPSA) is 67.6 Å². The summed E-state index contributed by atoms with van der Waals surface area (Å²) in [5.41, 5.74) is 7.82. The first-order valence-electron chi connectivity index (χ1n) is 9.29. The molecule has 0 aliphatic carbocycles. The maximum absolute atomic E-state index is 12.8. The standard InChI is InChI=1S/C22H24ClN3O2/c1-2-12-28-21-14-20(24)19(23)13-18(21)22(27)25-17-8-10-26(11-9-17)15-16-6-4-3-5-7-16/h1,3-7,13-14,17H,8-12,15,24H2,(H,25,27). The second kappa shape index (κ2) is 9.50. The van der Waals surface area contributed by atoms with Crippen molar-refractivity contribution in [1.29, 1.82) is 0 Å². The zero-order chi connectivity index (χ0) is 19.9. The molecule has 0 aromatic heterocycles. The normalized spacial score (nSPS) is 15.0. The van der Waals surface area contributed by atoms with E-state index in [1.54, 1.807) is 0 Å². The number of halogens is 1. The Labute approximate surface area is 170 Å². The molecular weight excluding hydrogens is 374 g/mol. The predicted molar refractivity (Wildman–Crippen MR) is 112 cm³/mol. The van der Waals surface area contributed by atoms with Crippen LogP contribution in [0.1, 0.15) is 28.8 Å². The van der Waals surface area contributed by atoms with Crippen LogP contribution in [0.5, 0.6) is 5.75 Å². The van der Waals surface area contributed by atoms with Gasteiger partial charge in [0.1, 0.15) is 12.4 Å². The Hall–Kier alpha value is -2.68. The van der Waals surface area contributed by atoms with Crippen molar-refractivity contribution in [3.8, 4) is 18.1 Å². The van der Waals surface area contributed by atoms with E-state index in [0.717, 1.165) is 32.5 Å². The number of nitrogen functional groups attached to an aromatic ring is 1. The predicted octanol–water partition coefficient (Wildman–Crippen LogP) is 3.33. The van der Waals surface area contributed by atoms with Gasteiger partial charge in [-0.2, -0.15) is 0 Å². The van der Waals surface area contributed by atoms with E-state index in [1.165, 1.54) is 17.7 Å². The first-order chi connectivity index (χ1) is 13.6. The summed E-state index contributed by atoms with van der Waals surface area (Å²) < 4.78 is 5.47. The molecule has 0 unspecified atom stereocenters. The van der Waals surface area contributed by atoms with Crippen molar-refractivity contribution in [3.05, 3.63) is 58.6 Å². The first-order valence-corrected chi connectivity index (χ1v) is 9.67. The number of piperidine rings is 1. The maximum Gasteiger partial charge on any atom is 0.255 e. The number of ether oxygens (including phenoxy) is 1. The fourth-order valence-electron chi connectivity index (χ4n) is 3.33. The summed E-state index contributed by atoms with van der Waals surface area (Å²) >= 11 is 6.10. The molecule has 1 saturated heterocycles. The lowest BCUT2D eigenvalue weighted by atomic mass is 10.0.